The third-order valence-corrected chi connectivity index (χ3v) is 6.95. The Labute approximate surface area is 173 Å². The Morgan fingerprint density at radius 2 is 1.93 bits per heavy atom. The van der Waals surface area contributed by atoms with Gasteiger partial charge in [0.25, 0.3) is 0 Å². The zero-order valence-electron chi connectivity index (χ0n) is 16.7. The maximum Gasteiger partial charge on any atom is 0.238 e. The molecule has 1 saturated carbocycles. The Balaban J connectivity index is 1.61. The fourth-order valence-corrected chi connectivity index (χ4v) is 4.59. The molecule has 0 aliphatic heterocycles. The fraction of sp³-hybridized carbons (Fsp3) is 0.474. The number of furan rings is 1. The number of anilines is 1. The van der Waals surface area contributed by atoms with E-state index in [2.05, 4.69) is 24.9 Å². The van der Waals surface area contributed by atoms with Crippen LogP contribution in [0.1, 0.15) is 50.2 Å². The minimum atomic E-state index is -3.82. The van der Waals surface area contributed by atoms with Crippen LogP contribution in [-0.4, -0.2) is 38.4 Å². The highest BCUT2D eigenvalue weighted by Crippen LogP contribution is 2.36. The number of sulfonamides is 1. The Morgan fingerprint density at radius 1 is 1.23 bits per heavy atom. The summed E-state index contributed by atoms with van der Waals surface area (Å²) in [5, 5.41) is 7.47. The molecule has 0 unspecified atom stereocenters. The lowest BCUT2D eigenvalue weighted by Crippen LogP contribution is -2.29. The summed E-state index contributed by atoms with van der Waals surface area (Å²) in [7, 11) is -3.82. The van der Waals surface area contributed by atoms with Crippen molar-refractivity contribution >= 4 is 16.0 Å². The highest BCUT2D eigenvalue weighted by Gasteiger charge is 2.30. The highest BCUT2D eigenvalue weighted by atomic mass is 32.2. The standard InChI is InChI=1S/C19H23FN6O3S/c1-12-7-8-16(29-12)18-23-24-19(26(18)15-5-3-4-6-15)25-30(27,28)13(2)9-17-21-10-14(20)11-22-17/h7-8,10-11,13,15H,3-6,9H2,1-2H3,(H,24,25)/t13-/m1/s1. The lowest BCUT2D eigenvalue weighted by molar-refractivity contribution is 0.503. The van der Waals surface area contributed by atoms with Gasteiger partial charge >= 0.3 is 0 Å². The van der Waals surface area contributed by atoms with E-state index < -0.39 is 21.1 Å². The van der Waals surface area contributed by atoms with Gasteiger partial charge in [-0.3, -0.25) is 9.29 Å². The van der Waals surface area contributed by atoms with Gasteiger partial charge < -0.3 is 4.42 Å². The largest absolute Gasteiger partial charge is 0.458 e. The van der Waals surface area contributed by atoms with Gasteiger partial charge in [-0.15, -0.1) is 10.2 Å². The average molecular weight is 434 g/mol. The summed E-state index contributed by atoms with van der Waals surface area (Å²) < 4.78 is 49.0. The summed E-state index contributed by atoms with van der Waals surface area (Å²) in [6, 6.07) is 3.73. The fourth-order valence-electron chi connectivity index (χ4n) is 3.63. The minimum Gasteiger partial charge on any atom is -0.458 e. The van der Waals surface area contributed by atoms with Crippen LogP contribution < -0.4 is 4.72 Å². The Kier molecular flexibility index (Phi) is 5.54. The third-order valence-electron chi connectivity index (χ3n) is 5.25. The zero-order chi connectivity index (χ0) is 21.3. The molecule has 1 fully saturated rings. The quantitative estimate of drug-likeness (QED) is 0.607. The first-order valence-electron chi connectivity index (χ1n) is 9.83. The topological polar surface area (TPSA) is 116 Å². The molecule has 0 radical (unpaired) electrons. The van der Waals surface area contributed by atoms with E-state index in [0.29, 0.717) is 11.6 Å². The van der Waals surface area contributed by atoms with Gasteiger partial charge in [-0.25, -0.2) is 22.8 Å². The van der Waals surface area contributed by atoms with Gasteiger partial charge in [0.05, 0.1) is 17.6 Å². The third kappa shape index (κ3) is 4.20. The molecule has 3 heterocycles. The summed E-state index contributed by atoms with van der Waals surface area (Å²) in [5.41, 5.74) is 0. The first kappa shape index (κ1) is 20.5. The van der Waals surface area contributed by atoms with Crippen molar-refractivity contribution in [3.05, 3.63) is 41.9 Å². The second-order valence-corrected chi connectivity index (χ2v) is 9.64. The summed E-state index contributed by atoms with van der Waals surface area (Å²) in [4.78, 5) is 7.68. The van der Waals surface area contributed by atoms with Crippen LogP contribution in [0.4, 0.5) is 10.3 Å². The molecule has 0 amide bonds. The number of nitrogens with zero attached hydrogens (tertiary/aromatic N) is 5. The number of hydrogen-bond acceptors (Lipinski definition) is 7. The highest BCUT2D eigenvalue weighted by molar-refractivity contribution is 7.93. The first-order valence-corrected chi connectivity index (χ1v) is 11.4. The summed E-state index contributed by atoms with van der Waals surface area (Å²) in [6.45, 7) is 3.38. The number of hydrogen-bond donors (Lipinski definition) is 1. The average Bonchev–Trinajstić information content (AvgIpc) is 3.44. The van der Waals surface area contributed by atoms with E-state index in [1.54, 1.807) is 13.0 Å². The molecule has 3 aromatic heterocycles. The Bertz CT molecular complexity index is 1120. The Hall–Kier alpha value is -2.82. The van der Waals surface area contributed by atoms with E-state index in [9.17, 15) is 12.8 Å². The molecule has 1 N–H and O–H groups in total. The van der Waals surface area contributed by atoms with Gasteiger partial charge in [-0.05, 0) is 38.8 Å². The summed E-state index contributed by atoms with van der Waals surface area (Å²) >= 11 is 0. The monoisotopic (exact) mass is 434 g/mol. The molecule has 1 atom stereocenters. The maximum absolute atomic E-state index is 13.0. The van der Waals surface area contributed by atoms with Crippen molar-refractivity contribution < 1.29 is 17.2 Å². The molecule has 0 aromatic carbocycles. The molecule has 1 aliphatic carbocycles. The van der Waals surface area contributed by atoms with Crippen molar-refractivity contribution in [2.45, 2.75) is 57.2 Å². The molecule has 0 bridgehead atoms. The van der Waals surface area contributed by atoms with Crippen molar-refractivity contribution in [3.63, 3.8) is 0 Å². The zero-order valence-corrected chi connectivity index (χ0v) is 17.6. The molecule has 4 rings (SSSR count). The number of rotatable bonds is 7. The van der Waals surface area contributed by atoms with Crippen molar-refractivity contribution in [2.75, 3.05) is 4.72 Å². The lowest BCUT2D eigenvalue weighted by atomic mass is 10.2. The smallest absolute Gasteiger partial charge is 0.238 e. The van der Waals surface area contributed by atoms with Gasteiger partial charge in [0, 0.05) is 12.5 Å². The molecule has 0 saturated heterocycles. The number of nitrogens with one attached hydrogen (secondary N) is 1. The van der Waals surface area contributed by atoms with Crippen molar-refractivity contribution in [3.8, 4) is 11.6 Å². The molecule has 9 nitrogen and oxygen atoms in total. The second-order valence-electron chi connectivity index (χ2n) is 7.55. The van der Waals surface area contributed by atoms with Crippen LogP contribution in [0.3, 0.4) is 0 Å². The van der Waals surface area contributed by atoms with E-state index >= 15 is 0 Å². The summed E-state index contributed by atoms with van der Waals surface area (Å²) in [5.74, 6) is 1.63. The van der Waals surface area contributed by atoms with E-state index in [-0.39, 0.29) is 24.2 Å². The van der Waals surface area contributed by atoms with Gasteiger partial charge in [0.2, 0.25) is 21.8 Å². The van der Waals surface area contributed by atoms with E-state index in [0.717, 1.165) is 43.8 Å². The van der Waals surface area contributed by atoms with Gasteiger partial charge in [0.15, 0.2) is 11.6 Å². The SMILES string of the molecule is Cc1ccc(-c2nnc(NS(=O)(=O)[C@H](C)Cc3ncc(F)cn3)n2C2CCCC2)o1. The molecule has 1 aliphatic rings. The number of aryl methyl sites for hydroxylation is 1. The minimum absolute atomic E-state index is 0.0391. The van der Waals surface area contributed by atoms with Gasteiger partial charge in [-0.1, -0.05) is 12.8 Å². The number of aromatic nitrogens is 5. The van der Waals surface area contributed by atoms with Crippen molar-refractivity contribution in [1.82, 2.24) is 24.7 Å². The molecule has 3 aromatic rings. The van der Waals surface area contributed by atoms with Crippen LogP contribution in [0.5, 0.6) is 0 Å². The summed E-state index contributed by atoms with van der Waals surface area (Å²) in [6.07, 6.45) is 6.02. The first-order chi connectivity index (χ1) is 14.3. The van der Waals surface area contributed by atoms with Crippen LogP contribution in [0, 0.1) is 12.7 Å². The maximum atomic E-state index is 13.0. The molecule has 30 heavy (non-hydrogen) atoms. The second kappa shape index (κ2) is 8.13. The lowest BCUT2D eigenvalue weighted by Gasteiger charge is -2.18. The molecule has 11 heteroatoms. The van der Waals surface area contributed by atoms with Gasteiger partial charge in [-0.2, -0.15) is 0 Å². The van der Waals surface area contributed by atoms with Crippen LogP contribution in [-0.2, 0) is 16.4 Å². The van der Waals surface area contributed by atoms with Crippen LogP contribution in [0.15, 0.2) is 28.9 Å². The predicted octanol–water partition coefficient (Wildman–Crippen LogP) is 3.26. The predicted molar refractivity (Wildman–Crippen MR) is 108 cm³/mol. The number of halogens is 1. The van der Waals surface area contributed by atoms with Crippen molar-refractivity contribution in [1.29, 1.82) is 0 Å². The van der Waals surface area contributed by atoms with Crippen LogP contribution in [0.2, 0.25) is 0 Å². The molecular formula is C19H23FN6O3S. The van der Waals surface area contributed by atoms with Crippen LogP contribution in [0.25, 0.3) is 11.6 Å². The van der Waals surface area contributed by atoms with Crippen molar-refractivity contribution in [2.24, 2.45) is 0 Å². The molecule has 160 valence electrons. The van der Waals surface area contributed by atoms with E-state index in [4.69, 9.17) is 4.42 Å². The van der Waals surface area contributed by atoms with Gasteiger partial charge in [0.1, 0.15) is 11.6 Å². The molecule has 0 spiro atoms. The van der Waals surface area contributed by atoms with E-state index in [1.807, 2.05) is 17.6 Å². The Morgan fingerprint density at radius 3 is 2.57 bits per heavy atom. The molecular weight excluding hydrogens is 411 g/mol. The normalized spacial score (nSPS) is 16.1. The van der Waals surface area contributed by atoms with E-state index in [1.165, 1.54) is 0 Å². The van der Waals surface area contributed by atoms with Crippen LogP contribution >= 0.6 is 0 Å².